The van der Waals surface area contributed by atoms with E-state index in [0.717, 1.165) is 6.08 Å². The molecule has 1 rings (SSSR count). The quantitative estimate of drug-likeness (QED) is 0.864. The number of anilines is 1. The van der Waals surface area contributed by atoms with Crippen molar-refractivity contribution in [2.75, 3.05) is 11.4 Å². The van der Waals surface area contributed by atoms with Gasteiger partial charge in [-0.1, -0.05) is 17.4 Å². The molecule has 1 N–H and O–H groups in total. The number of rotatable bonds is 4. The molecular weight excluding hydrogens is 285 g/mol. The van der Waals surface area contributed by atoms with Crippen molar-refractivity contribution in [3.63, 3.8) is 0 Å². The van der Waals surface area contributed by atoms with Gasteiger partial charge in [0.2, 0.25) is 0 Å². The fourth-order valence-electron chi connectivity index (χ4n) is 1.23. The van der Waals surface area contributed by atoms with Crippen molar-refractivity contribution in [2.24, 2.45) is 0 Å². The SMILES string of the molecule is C=CCN(C(=O)C(F)(F)F)c1nc(C)c(C(=O)O)s1. The zero-order chi connectivity index (χ0) is 14.8. The molecule has 1 heterocycles. The molecule has 19 heavy (non-hydrogen) atoms. The Morgan fingerprint density at radius 2 is 2.11 bits per heavy atom. The predicted molar refractivity (Wildman–Crippen MR) is 62.4 cm³/mol. The molecule has 0 aliphatic heterocycles. The molecule has 0 atom stereocenters. The highest BCUT2D eigenvalue weighted by Crippen LogP contribution is 2.29. The predicted octanol–water partition coefficient (Wildman–Crippen LogP) is 2.23. The third kappa shape index (κ3) is 3.31. The van der Waals surface area contributed by atoms with Crippen LogP contribution in [-0.4, -0.2) is 34.7 Å². The zero-order valence-corrected chi connectivity index (χ0v) is 10.5. The number of hydrogen-bond donors (Lipinski definition) is 1. The van der Waals surface area contributed by atoms with Crippen LogP contribution in [-0.2, 0) is 4.79 Å². The van der Waals surface area contributed by atoms with Gasteiger partial charge in [-0.15, -0.1) is 6.58 Å². The second kappa shape index (κ2) is 5.39. The number of aromatic nitrogens is 1. The van der Waals surface area contributed by atoms with Gasteiger partial charge in [-0.2, -0.15) is 13.2 Å². The highest BCUT2D eigenvalue weighted by atomic mass is 32.1. The van der Waals surface area contributed by atoms with Crippen molar-refractivity contribution in [1.82, 2.24) is 4.98 Å². The van der Waals surface area contributed by atoms with Crippen LogP contribution >= 0.6 is 11.3 Å². The fourth-order valence-corrected chi connectivity index (χ4v) is 2.14. The van der Waals surface area contributed by atoms with Gasteiger partial charge in [0.25, 0.3) is 0 Å². The highest BCUT2D eigenvalue weighted by molar-refractivity contribution is 7.17. The molecule has 5 nitrogen and oxygen atoms in total. The van der Waals surface area contributed by atoms with E-state index in [4.69, 9.17) is 5.11 Å². The first-order chi connectivity index (χ1) is 8.68. The molecule has 0 aromatic carbocycles. The Morgan fingerprint density at radius 1 is 1.53 bits per heavy atom. The van der Waals surface area contributed by atoms with Crippen LogP contribution in [0.5, 0.6) is 0 Å². The summed E-state index contributed by atoms with van der Waals surface area (Å²) in [5.41, 5.74) is 0.0523. The largest absolute Gasteiger partial charge is 0.477 e. The normalized spacial score (nSPS) is 11.2. The maximum absolute atomic E-state index is 12.4. The van der Waals surface area contributed by atoms with Crippen LogP contribution in [0.3, 0.4) is 0 Å². The second-order valence-corrected chi connectivity index (χ2v) is 4.40. The van der Waals surface area contributed by atoms with Crippen molar-refractivity contribution in [3.8, 4) is 0 Å². The van der Waals surface area contributed by atoms with Crippen LogP contribution in [0.25, 0.3) is 0 Å². The smallest absolute Gasteiger partial charge is 0.471 e. The summed E-state index contributed by atoms with van der Waals surface area (Å²) in [5, 5.41) is 8.49. The summed E-state index contributed by atoms with van der Waals surface area (Å²) >= 11 is 0.507. The first kappa shape index (κ1) is 15.2. The van der Waals surface area contributed by atoms with Crippen molar-refractivity contribution >= 4 is 28.3 Å². The highest BCUT2D eigenvalue weighted by Gasteiger charge is 2.43. The molecule has 0 aliphatic carbocycles. The van der Waals surface area contributed by atoms with Gasteiger partial charge in [-0.3, -0.25) is 9.69 Å². The third-order valence-corrected chi connectivity index (χ3v) is 3.18. The van der Waals surface area contributed by atoms with Gasteiger partial charge in [0.1, 0.15) is 4.88 Å². The first-order valence-corrected chi connectivity index (χ1v) is 5.70. The molecule has 0 aliphatic rings. The van der Waals surface area contributed by atoms with Gasteiger partial charge in [0.15, 0.2) is 5.13 Å². The Bertz CT molecular complexity index is 525. The number of carbonyl (C=O) groups is 2. The number of carboxylic acids is 1. The van der Waals surface area contributed by atoms with Crippen molar-refractivity contribution in [1.29, 1.82) is 0 Å². The number of carbonyl (C=O) groups excluding carboxylic acids is 1. The average molecular weight is 294 g/mol. The molecule has 1 amide bonds. The van der Waals surface area contributed by atoms with E-state index in [1.165, 1.54) is 6.92 Å². The summed E-state index contributed by atoms with van der Waals surface area (Å²) in [5.74, 6) is -3.42. The van der Waals surface area contributed by atoms with E-state index in [-0.39, 0.29) is 15.7 Å². The van der Waals surface area contributed by atoms with Gasteiger partial charge >= 0.3 is 18.1 Å². The van der Waals surface area contributed by atoms with Gasteiger partial charge in [-0.05, 0) is 6.92 Å². The molecule has 0 bridgehead atoms. The van der Waals surface area contributed by atoms with E-state index in [0.29, 0.717) is 16.2 Å². The summed E-state index contributed by atoms with van der Waals surface area (Å²) in [7, 11) is 0. The van der Waals surface area contributed by atoms with E-state index in [9.17, 15) is 22.8 Å². The minimum Gasteiger partial charge on any atom is -0.477 e. The molecule has 0 saturated carbocycles. The van der Waals surface area contributed by atoms with E-state index in [1.807, 2.05) is 0 Å². The number of aromatic carboxylic acids is 1. The Hall–Kier alpha value is -1.90. The summed E-state index contributed by atoms with van der Waals surface area (Å²) in [6.45, 7) is 4.18. The Balaban J connectivity index is 3.20. The minimum absolute atomic E-state index is 0.0523. The lowest BCUT2D eigenvalue weighted by Gasteiger charge is -2.19. The minimum atomic E-state index is -5.06. The molecular formula is C10H9F3N2O3S. The lowest BCUT2D eigenvalue weighted by Crippen LogP contribution is -2.41. The molecule has 1 aromatic heterocycles. The Kier molecular flexibility index (Phi) is 4.30. The number of hydrogen-bond acceptors (Lipinski definition) is 4. The molecule has 0 saturated heterocycles. The van der Waals surface area contributed by atoms with E-state index >= 15 is 0 Å². The van der Waals surface area contributed by atoms with Crippen LogP contribution in [0.1, 0.15) is 15.4 Å². The third-order valence-electron chi connectivity index (χ3n) is 2.01. The fraction of sp³-hybridized carbons (Fsp3) is 0.300. The Morgan fingerprint density at radius 3 is 2.47 bits per heavy atom. The lowest BCUT2D eigenvalue weighted by molar-refractivity contribution is -0.170. The van der Waals surface area contributed by atoms with Gasteiger partial charge in [-0.25, -0.2) is 9.78 Å². The van der Waals surface area contributed by atoms with E-state index < -0.39 is 24.6 Å². The second-order valence-electron chi connectivity index (χ2n) is 3.42. The molecule has 1 aromatic rings. The van der Waals surface area contributed by atoms with Crippen molar-refractivity contribution in [2.45, 2.75) is 13.1 Å². The lowest BCUT2D eigenvalue weighted by atomic mass is 10.4. The summed E-state index contributed by atoms with van der Waals surface area (Å²) in [6, 6.07) is 0. The summed E-state index contributed by atoms with van der Waals surface area (Å²) in [4.78, 5) is 25.8. The van der Waals surface area contributed by atoms with Crippen molar-refractivity contribution in [3.05, 3.63) is 23.2 Å². The molecule has 0 spiro atoms. The van der Waals surface area contributed by atoms with Crippen LogP contribution in [0.2, 0.25) is 0 Å². The summed E-state index contributed by atoms with van der Waals surface area (Å²) < 4.78 is 37.2. The zero-order valence-electron chi connectivity index (χ0n) is 9.69. The number of alkyl halides is 3. The topological polar surface area (TPSA) is 70.5 Å². The molecule has 9 heteroatoms. The maximum Gasteiger partial charge on any atom is 0.471 e. The van der Waals surface area contributed by atoms with Crippen molar-refractivity contribution < 1.29 is 27.9 Å². The van der Waals surface area contributed by atoms with Crippen LogP contribution in [0.4, 0.5) is 18.3 Å². The number of aryl methyl sites for hydroxylation is 1. The average Bonchev–Trinajstić information content (AvgIpc) is 2.66. The van der Waals surface area contributed by atoms with Gasteiger partial charge < -0.3 is 5.11 Å². The number of carboxylic acid groups (broad SMARTS) is 1. The van der Waals surface area contributed by atoms with Crippen LogP contribution < -0.4 is 4.90 Å². The number of nitrogens with zero attached hydrogens (tertiary/aromatic N) is 2. The standard InChI is InChI=1S/C10H9F3N2O3S/c1-3-4-15(8(18)10(11,12)13)9-14-5(2)6(19-9)7(16)17/h3H,1,4H2,2H3,(H,16,17). The van der Waals surface area contributed by atoms with Gasteiger partial charge in [0.05, 0.1) is 5.69 Å². The van der Waals surface area contributed by atoms with Crippen LogP contribution in [0.15, 0.2) is 12.7 Å². The van der Waals surface area contributed by atoms with Crippen LogP contribution in [0, 0.1) is 6.92 Å². The maximum atomic E-state index is 12.4. The molecule has 0 fully saturated rings. The van der Waals surface area contributed by atoms with E-state index in [1.54, 1.807) is 0 Å². The molecule has 0 unspecified atom stereocenters. The Labute approximate surface area is 110 Å². The monoisotopic (exact) mass is 294 g/mol. The summed E-state index contributed by atoms with van der Waals surface area (Å²) in [6.07, 6.45) is -3.97. The molecule has 0 radical (unpaired) electrons. The number of amides is 1. The first-order valence-electron chi connectivity index (χ1n) is 4.88. The number of halogens is 3. The molecule has 104 valence electrons. The van der Waals surface area contributed by atoms with E-state index in [2.05, 4.69) is 11.6 Å². The van der Waals surface area contributed by atoms with Gasteiger partial charge in [0, 0.05) is 6.54 Å². The number of thiazole rings is 1.